The van der Waals surface area contributed by atoms with Crippen molar-refractivity contribution in [2.75, 3.05) is 13.2 Å². The number of nitrogens with zero attached hydrogens (tertiary/aromatic N) is 1. The summed E-state index contributed by atoms with van der Waals surface area (Å²) in [5.41, 5.74) is 1.97. The zero-order chi connectivity index (χ0) is 10.4. The number of hydrogen-bond donors (Lipinski definition) is 0. The Balaban J connectivity index is 2.71. The molecule has 1 rings (SSSR count). The summed E-state index contributed by atoms with van der Waals surface area (Å²) in [6.07, 6.45) is 1.49. The third kappa shape index (κ3) is 3.12. The first-order valence-corrected chi connectivity index (χ1v) is 4.93. The van der Waals surface area contributed by atoms with Crippen molar-refractivity contribution >= 4 is 13.3 Å². The van der Waals surface area contributed by atoms with Gasteiger partial charge in [0.1, 0.15) is 7.85 Å². The quantitative estimate of drug-likeness (QED) is 0.501. The predicted molar refractivity (Wildman–Crippen MR) is 58.4 cm³/mol. The second-order valence-corrected chi connectivity index (χ2v) is 3.00. The standard InChI is InChI=1S/C10H16BNO2/c1-3-13-10(14-4-2)9-6-5-8(11)7-12-9/h5-7,10H,3-4,11H2,1-2H3. The van der Waals surface area contributed by atoms with Crippen molar-refractivity contribution in [1.82, 2.24) is 4.98 Å². The lowest BCUT2D eigenvalue weighted by molar-refractivity contribution is -0.142. The molecule has 1 heterocycles. The van der Waals surface area contributed by atoms with E-state index in [2.05, 4.69) is 4.98 Å². The van der Waals surface area contributed by atoms with E-state index in [1.807, 2.05) is 40.0 Å². The minimum Gasteiger partial charge on any atom is -0.347 e. The Kier molecular flexibility index (Phi) is 4.63. The van der Waals surface area contributed by atoms with E-state index in [0.717, 1.165) is 11.2 Å². The number of ether oxygens (including phenoxy) is 2. The van der Waals surface area contributed by atoms with Crippen molar-refractivity contribution in [2.45, 2.75) is 20.1 Å². The highest BCUT2D eigenvalue weighted by molar-refractivity contribution is 6.31. The summed E-state index contributed by atoms with van der Waals surface area (Å²) in [6.45, 7) is 5.14. The lowest BCUT2D eigenvalue weighted by Gasteiger charge is -2.16. The maximum absolute atomic E-state index is 5.42. The first kappa shape index (κ1) is 11.2. The first-order valence-electron chi connectivity index (χ1n) is 4.93. The summed E-state index contributed by atoms with van der Waals surface area (Å²) in [4.78, 5) is 4.27. The second kappa shape index (κ2) is 5.78. The Bertz CT molecular complexity index is 257. The van der Waals surface area contributed by atoms with E-state index in [9.17, 15) is 0 Å². The summed E-state index contributed by atoms with van der Waals surface area (Å²) in [5.74, 6) is 0. The fourth-order valence-electron chi connectivity index (χ4n) is 1.14. The van der Waals surface area contributed by atoms with Crippen molar-refractivity contribution < 1.29 is 9.47 Å². The number of aromatic nitrogens is 1. The largest absolute Gasteiger partial charge is 0.347 e. The Labute approximate surface area is 85.9 Å². The molecule has 4 heteroatoms. The molecule has 1 aromatic rings. The lowest BCUT2D eigenvalue weighted by atomic mass is 9.99. The molecular weight excluding hydrogens is 177 g/mol. The highest BCUT2D eigenvalue weighted by Gasteiger charge is 2.11. The molecule has 0 amide bonds. The molecule has 76 valence electrons. The van der Waals surface area contributed by atoms with E-state index in [-0.39, 0.29) is 6.29 Å². The molecule has 0 radical (unpaired) electrons. The molecule has 1 aromatic heterocycles. The van der Waals surface area contributed by atoms with Gasteiger partial charge in [-0.05, 0) is 19.9 Å². The monoisotopic (exact) mass is 193 g/mol. The molecule has 0 saturated heterocycles. The minimum absolute atomic E-state index is 0.328. The van der Waals surface area contributed by atoms with E-state index < -0.39 is 0 Å². The van der Waals surface area contributed by atoms with Crippen LogP contribution in [0.2, 0.25) is 0 Å². The van der Waals surface area contributed by atoms with Gasteiger partial charge in [-0.1, -0.05) is 11.5 Å². The van der Waals surface area contributed by atoms with E-state index in [4.69, 9.17) is 9.47 Å². The van der Waals surface area contributed by atoms with Gasteiger partial charge in [-0.15, -0.1) is 0 Å². The van der Waals surface area contributed by atoms with Gasteiger partial charge in [-0.2, -0.15) is 0 Å². The van der Waals surface area contributed by atoms with Gasteiger partial charge in [0, 0.05) is 19.4 Å². The fraction of sp³-hybridized carbons (Fsp3) is 0.500. The van der Waals surface area contributed by atoms with Crippen LogP contribution in [0, 0.1) is 0 Å². The highest BCUT2D eigenvalue weighted by atomic mass is 16.7. The first-order chi connectivity index (χ1) is 6.77. The minimum atomic E-state index is -0.328. The van der Waals surface area contributed by atoms with E-state index in [1.54, 1.807) is 0 Å². The summed E-state index contributed by atoms with van der Waals surface area (Å²) in [7, 11) is 2.01. The predicted octanol–water partition coefficient (Wildman–Crippen LogP) is 0.412. The molecule has 0 aliphatic carbocycles. The SMILES string of the molecule is Bc1ccc(C(OCC)OCC)nc1. The molecule has 14 heavy (non-hydrogen) atoms. The molecule has 3 nitrogen and oxygen atoms in total. The summed E-state index contributed by atoms with van der Waals surface area (Å²) < 4.78 is 10.8. The molecule has 0 N–H and O–H groups in total. The molecule has 0 fully saturated rings. The van der Waals surface area contributed by atoms with Gasteiger partial charge in [0.25, 0.3) is 0 Å². The lowest BCUT2D eigenvalue weighted by Crippen LogP contribution is -2.13. The Morgan fingerprint density at radius 3 is 2.36 bits per heavy atom. The zero-order valence-electron chi connectivity index (χ0n) is 8.99. The topological polar surface area (TPSA) is 31.4 Å². The normalized spacial score (nSPS) is 10.8. The van der Waals surface area contributed by atoms with Crippen LogP contribution >= 0.6 is 0 Å². The summed E-state index contributed by atoms with van der Waals surface area (Å²) >= 11 is 0. The average Bonchev–Trinajstić information content (AvgIpc) is 2.19. The van der Waals surface area contributed by atoms with Crippen molar-refractivity contribution in [3.63, 3.8) is 0 Å². The molecule has 0 bridgehead atoms. The summed E-state index contributed by atoms with van der Waals surface area (Å²) in [6, 6.07) is 3.94. The third-order valence-corrected chi connectivity index (χ3v) is 1.81. The summed E-state index contributed by atoms with van der Waals surface area (Å²) in [5, 5.41) is 0. The van der Waals surface area contributed by atoms with Crippen LogP contribution in [0.25, 0.3) is 0 Å². The molecule has 0 spiro atoms. The van der Waals surface area contributed by atoms with Gasteiger partial charge in [-0.25, -0.2) is 0 Å². The van der Waals surface area contributed by atoms with E-state index in [0.29, 0.717) is 13.2 Å². The van der Waals surface area contributed by atoms with E-state index in [1.165, 1.54) is 0 Å². The van der Waals surface area contributed by atoms with Crippen molar-refractivity contribution in [3.8, 4) is 0 Å². The van der Waals surface area contributed by atoms with Crippen LogP contribution < -0.4 is 5.46 Å². The third-order valence-electron chi connectivity index (χ3n) is 1.81. The van der Waals surface area contributed by atoms with Crippen LogP contribution in [0.4, 0.5) is 0 Å². The van der Waals surface area contributed by atoms with Gasteiger partial charge < -0.3 is 9.47 Å². The molecule has 0 aromatic carbocycles. The van der Waals surface area contributed by atoms with Crippen LogP contribution in [0.1, 0.15) is 25.8 Å². The molecule has 0 atom stereocenters. The highest BCUT2D eigenvalue weighted by Crippen LogP contribution is 2.14. The number of hydrogen-bond acceptors (Lipinski definition) is 3. The smallest absolute Gasteiger partial charge is 0.201 e. The van der Waals surface area contributed by atoms with Gasteiger partial charge in [0.2, 0.25) is 6.29 Å². The van der Waals surface area contributed by atoms with Crippen LogP contribution in [-0.4, -0.2) is 26.0 Å². The Morgan fingerprint density at radius 2 is 1.93 bits per heavy atom. The van der Waals surface area contributed by atoms with Crippen LogP contribution in [0.3, 0.4) is 0 Å². The molecule has 0 aliphatic rings. The van der Waals surface area contributed by atoms with E-state index >= 15 is 0 Å². The maximum atomic E-state index is 5.42. The van der Waals surface area contributed by atoms with Crippen molar-refractivity contribution in [1.29, 1.82) is 0 Å². The van der Waals surface area contributed by atoms with Crippen molar-refractivity contribution in [2.24, 2.45) is 0 Å². The Morgan fingerprint density at radius 1 is 1.29 bits per heavy atom. The van der Waals surface area contributed by atoms with Gasteiger partial charge in [-0.3, -0.25) is 4.98 Å². The molecule has 0 aliphatic heterocycles. The van der Waals surface area contributed by atoms with Crippen LogP contribution in [-0.2, 0) is 9.47 Å². The van der Waals surface area contributed by atoms with Crippen molar-refractivity contribution in [3.05, 3.63) is 24.0 Å². The maximum Gasteiger partial charge on any atom is 0.201 e. The van der Waals surface area contributed by atoms with Crippen LogP contribution in [0.15, 0.2) is 18.3 Å². The Hall–Kier alpha value is -0.865. The average molecular weight is 193 g/mol. The number of pyridine rings is 1. The molecular formula is C10H16BNO2. The second-order valence-electron chi connectivity index (χ2n) is 3.00. The number of rotatable bonds is 5. The molecule has 0 unspecified atom stereocenters. The van der Waals surface area contributed by atoms with Crippen LogP contribution in [0.5, 0.6) is 0 Å². The fourth-order valence-corrected chi connectivity index (χ4v) is 1.14. The van der Waals surface area contributed by atoms with Gasteiger partial charge >= 0.3 is 0 Å². The molecule has 0 saturated carbocycles. The van der Waals surface area contributed by atoms with Gasteiger partial charge in [0.05, 0.1) is 5.69 Å². The zero-order valence-corrected chi connectivity index (χ0v) is 8.99. The van der Waals surface area contributed by atoms with Gasteiger partial charge in [0.15, 0.2) is 0 Å².